The maximum absolute atomic E-state index is 12.8. The van der Waals surface area contributed by atoms with Crippen molar-refractivity contribution < 1.29 is 14.0 Å². The fraction of sp³-hybridized carbons (Fsp3) is 0.500. The van der Waals surface area contributed by atoms with E-state index in [0.717, 1.165) is 24.2 Å². The lowest BCUT2D eigenvalue weighted by atomic mass is 9.99. The maximum Gasteiger partial charge on any atom is 0.223 e. The zero-order valence-electron chi connectivity index (χ0n) is 12.5. The van der Waals surface area contributed by atoms with Crippen LogP contribution in [0.3, 0.4) is 0 Å². The van der Waals surface area contributed by atoms with Crippen LogP contribution in [0, 0.1) is 5.82 Å². The van der Waals surface area contributed by atoms with Crippen molar-refractivity contribution in [3.8, 4) is 0 Å². The number of carbonyl (C=O) groups excluding carboxylic acids is 2. The standard InChI is InChI=1S/C16H21FN2O2S/c17-12-4-6-14(7-5-12)22-10-8-16(21)19-9-2-1-3-13(19)11-15(18)20/h4-7,13H,1-3,8-11H2,(H2,18,20). The second kappa shape index (κ2) is 8.17. The van der Waals surface area contributed by atoms with E-state index in [4.69, 9.17) is 5.73 Å². The SMILES string of the molecule is NC(=O)CC1CCCCN1C(=O)CCSc1ccc(F)cc1. The van der Waals surface area contributed by atoms with E-state index >= 15 is 0 Å². The zero-order valence-corrected chi connectivity index (χ0v) is 13.3. The molecule has 6 heteroatoms. The molecule has 0 spiro atoms. The van der Waals surface area contributed by atoms with Gasteiger partial charge in [-0.1, -0.05) is 0 Å². The Morgan fingerprint density at radius 3 is 2.68 bits per heavy atom. The molecule has 1 aliphatic rings. The lowest BCUT2D eigenvalue weighted by Gasteiger charge is -2.35. The first-order valence-electron chi connectivity index (χ1n) is 7.52. The number of hydrogen-bond donors (Lipinski definition) is 1. The molecule has 22 heavy (non-hydrogen) atoms. The third-order valence-corrected chi connectivity index (χ3v) is 4.80. The van der Waals surface area contributed by atoms with Gasteiger partial charge >= 0.3 is 0 Å². The molecule has 1 atom stereocenters. The smallest absolute Gasteiger partial charge is 0.223 e. The Balaban J connectivity index is 1.82. The van der Waals surface area contributed by atoms with Crippen molar-refractivity contribution in [2.45, 2.75) is 43.0 Å². The summed E-state index contributed by atoms with van der Waals surface area (Å²) in [4.78, 5) is 26.2. The number of nitrogens with two attached hydrogens (primary N) is 1. The normalized spacial score (nSPS) is 18.2. The molecule has 0 aromatic heterocycles. The van der Waals surface area contributed by atoms with Crippen LogP contribution in [0.25, 0.3) is 0 Å². The van der Waals surface area contributed by atoms with Gasteiger partial charge in [-0.05, 0) is 43.5 Å². The van der Waals surface area contributed by atoms with Gasteiger partial charge in [-0.15, -0.1) is 11.8 Å². The van der Waals surface area contributed by atoms with Gasteiger partial charge in [-0.2, -0.15) is 0 Å². The van der Waals surface area contributed by atoms with Gasteiger partial charge in [0.1, 0.15) is 5.82 Å². The topological polar surface area (TPSA) is 63.4 Å². The average molecular weight is 324 g/mol. The molecule has 1 aromatic carbocycles. The zero-order chi connectivity index (χ0) is 15.9. The van der Waals surface area contributed by atoms with Gasteiger partial charge < -0.3 is 10.6 Å². The number of likely N-dealkylation sites (tertiary alicyclic amines) is 1. The molecule has 1 fully saturated rings. The molecule has 1 heterocycles. The Morgan fingerprint density at radius 2 is 2.00 bits per heavy atom. The highest BCUT2D eigenvalue weighted by atomic mass is 32.2. The van der Waals surface area contributed by atoms with E-state index in [1.807, 2.05) is 0 Å². The molecule has 4 nitrogen and oxygen atoms in total. The molecule has 2 amide bonds. The molecule has 2 N–H and O–H groups in total. The van der Waals surface area contributed by atoms with Crippen LogP contribution in [0.5, 0.6) is 0 Å². The van der Waals surface area contributed by atoms with Crippen LogP contribution >= 0.6 is 11.8 Å². The highest BCUT2D eigenvalue weighted by Crippen LogP contribution is 2.23. The lowest BCUT2D eigenvalue weighted by molar-refractivity contribution is -0.135. The molecule has 120 valence electrons. The number of thioether (sulfide) groups is 1. The minimum Gasteiger partial charge on any atom is -0.370 e. The van der Waals surface area contributed by atoms with Crippen molar-refractivity contribution >= 4 is 23.6 Å². The third kappa shape index (κ3) is 5.02. The highest BCUT2D eigenvalue weighted by Gasteiger charge is 2.27. The minimum absolute atomic E-state index is 0.0467. The number of primary amides is 1. The Labute approximate surface area is 134 Å². The van der Waals surface area contributed by atoms with Crippen molar-refractivity contribution in [3.05, 3.63) is 30.1 Å². The predicted octanol–water partition coefficient (Wildman–Crippen LogP) is 2.56. The van der Waals surface area contributed by atoms with Gasteiger partial charge in [-0.25, -0.2) is 4.39 Å². The molecule has 0 saturated carbocycles. The molecule has 1 saturated heterocycles. The monoisotopic (exact) mass is 324 g/mol. The van der Waals surface area contributed by atoms with Gasteiger partial charge in [0, 0.05) is 36.1 Å². The van der Waals surface area contributed by atoms with E-state index in [1.54, 1.807) is 17.0 Å². The van der Waals surface area contributed by atoms with Crippen molar-refractivity contribution in [1.82, 2.24) is 4.90 Å². The van der Waals surface area contributed by atoms with Gasteiger partial charge in [0.2, 0.25) is 11.8 Å². The molecule has 0 radical (unpaired) electrons. The molecular formula is C16H21FN2O2S. The van der Waals surface area contributed by atoms with Crippen LogP contribution in [0.15, 0.2) is 29.2 Å². The van der Waals surface area contributed by atoms with E-state index < -0.39 is 0 Å². The average Bonchev–Trinajstić information content (AvgIpc) is 2.49. The minimum atomic E-state index is -0.356. The predicted molar refractivity (Wildman–Crippen MR) is 84.9 cm³/mol. The van der Waals surface area contributed by atoms with Gasteiger partial charge in [0.25, 0.3) is 0 Å². The summed E-state index contributed by atoms with van der Waals surface area (Å²) < 4.78 is 12.8. The fourth-order valence-corrected chi connectivity index (χ4v) is 3.54. The number of piperidine rings is 1. The number of halogens is 1. The molecule has 2 rings (SSSR count). The molecule has 1 unspecified atom stereocenters. The van der Waals surface area contributed by atoms with Crippen molar-refractivity contribution in [3.63, 3.8) is 0 Å². The quantitative estimate of drug-likeness (QED) is 0.818. The number of amides is 2. The van der Waals surface area contributed by atoms with Crippen molar-refractivity contribution in [1.29, 1.82) is 0 Å². The summed E-state index contributed by atoms with van der Waals surface area (Å²) in [5.74, 6) is 0.0959. The van der Waals surface area contributed by atoms with Crippen LogP contribution in [-0.2, 0) is 9.59 Å². The van der Waals surface area contributed by atoms with Crippen LogP contribution in [-0.4, -0.2) is 35.1 Å². The first-order valence-corrected chi connectivity index (χ1v) is 8.51. The largest absolute Gasteiger partial charge is 0.370 e. The number of benzene rings is 1. The van der Waals surface area contributed by atoms with Crippen LogP contribution in [0.4, 0.5) is 4.39 Å². The summed E-state index contributed by atoms with van der Waals surface area (Å²) in [6, 6.07) is 6.20. The Hall–Kier alpha value is -1.56. The molecular weight excluding hydrogens is 303 g/mol. The first-order chi connectivity index (χ1) is 10.6. The van der Waals surface area contributed by atoms with Gasteiger partial charge in [0.15, 0.2) is 0 Å². The van der Waals surface area contributed by atoms with Crippen molar-refractivity contribution in [2.24, 2.45) is 5.73 Å². The Kier molecular flexibility index (Phi) is 6.24. The molecule has 0 aliphatic carbocycles. The number of carbonyl (C=O) groups is 2. The molecule has 0 bridgehead atoms. The van der Waals surface area contributed by atoms with Crippen LogP contribution in [0.2, 0.25) is 0 Å². The van der Waals surface area contributed by atoms with E-state index in [1.165, 1.54) is 23.9 Å². The number of hydrogen-bond acceptors (Lipinski definition) is 3. The molecule has 1 aromatic rings. The maximum atomic E-state index is 12.8. The Morgan fingerprint density at radius 1 is 1.27 bits per heavy atom. The van der Waals surface area contributed by atoms with Crippen molar-refractivity contribution in [2.75, 3.05) is 12.3 Å². The van der Waals surface area contributed by atoms with E-state index in [-0.39, 0.29) is 30.1 Å². The summed E-state index contributed by atoms with van der Waals surface area (Å²) in [6.07, 6.45) is 3.52. The number of nitrogens with zero attached hydrogens (tertiary/aromatic N) is 1. The fourth-order valence-electron chi connectivity index (χ4n) is 2.70. The summed E-state index contributed by atoms with van der Waals surface area (Å²) in [5, 5.41) is 0. The van der Waals surface area contributed by atoms with Gasteiger partial charge in [-0.3, -0.25) is 9.59 Å². The molecule has 1 aliphatic heterocycles. The first kappa shape index (κ1) is 16.8. The summed E-state index contributed by atoms with van der Waals surface area (Å²) in [6.45, 7) is 0.706. The lowest BCUT2D eigenvalue weighted by Crippen LogP contribution is -2.45. The summed E-state index contributed by atoms with van der Waals surface area (Å²) >= 11 is 1.53. The van der Waals surface area contributed by atoms with Crippen LogP contribution in [0.1, 0.15) is 32.1 Å². The number of rotatable bonds is 6. The van der Waals surface area contributed by atoms with E-state index in [2.05, 4.69) is 0 Å². The van der Waals surface area contributed by atoms with Gasteiger partial charge in [0.05, 0.1) is 0 Å². The van der Waals surface area contributed by atoms with E-state index in [0.29, 0.717) is 18.7 Å². The summed E-state index contributed by atoms with van der Waals surface area (Å²) in [5.41, 5.74) is 5.26. The second-order valence-electron chi connectivity index (χ2n) is 5.46. The third-order valence-electron chi connectivity index (χ3n) is 3.78. The van der Waals surface area contributed by atoms with Crippen LogP contribution < -0.4 is 5.73 Å². The summed E-state index contributed by atoms with van der Waals surface area (Å²) in [7, 11) is 0. The highest BCUT2D eigenvalue weighted by molar-refractivity contribution is 7.99. The van der Waals surface area contributed by atoms with E-state index in [9.17, 15) is 14.0 Å². The second-order valence-corrected chi connectivity index (χ2v) is 6.63. The Bertz CT molecular complexity index is 521.